The van der Waals surface area contributed by atoms with E-state index < -0.39 is 5.97 Å². The number of aromatic nitrogens is 1. The Kier molecular flexibility index (Phi) is 3.33. The summed E-state index contributed by atoms with van der Waals surface area (Å²) in [4.78, 5) is 11.6. The SMILES string of the molecule is O=C(O)c1cc(CNC2CCCC2)sn1. The third kappa shape index (κ3) is 2.76. The highest BCUT2D eigenvalue weighted by Crippen LogP contribution is 2.18. The van der Waals surface area contributed by atoms with Gasteiger partial charge in [0.25, 0.3) is 0 Å². The van der Waals surface area contributed by atoms with Crippen LogP contribution in [0.15, 0.2) is 6.07 Å². The van der Waals surface area contributed by atoms with Crippen molar-refractivity contribution in [1.82, 2.24) is 9.69 Å². The molecule has 0 unspecified atom stereocenters. The molecule has 1 aliphatic rings. The zero-order valence-electron chi connectivity index (χ0n) is 8.40. The molecule has 15 heavy (non-hydrogen) atoms. The van der Waals surface area contributed by atoms with Crippen molar-refractivity contribution in [3.63, 3.8) is 0 Å². The summed E-state index contributed by atoms with van der Waals surface area (Å²) < 4.78 is 3.86. The highest BCUT2D eigenvalue weighted by molar-refractivity contribution is 7.05. The second kappa shape index (κ2) is 4.72. The van der Waals surface area contributed by atoms with Crippen LogP contribution in [0.1, 0.15) is 41.0 Å². The van der Waals surface area contributed by atoms with Gasteiger partial charge in [-0.05, 0) is 30.4 Å². The Hall–Kier alpha value is -0.940. The quantitative estimate of drug-likeness (QED) is 0.822. The van der Waals surface area contributed by atoms with E-state index in [4.69, 9.17) is 5.11 Å². The number of nitrogens with one attached hydrogen (secondary N) is 1. The lowest BCUT2D eigenvalue weighted by molar-refractivity contribution is 0.0692. The number of hydrogen-bond donors (Lipinski definition) is 2. The van der Waals surface area contributed by atoms with Crippen LogP contribution in [-0.2, 0) is 6.54 Å². The molecule has 1 aromatic heterocycles. The van der Waals surface area contributed by atoms with E-state index in [-0.39, 0.29) is 5.69 Å². The molecule has 2 rings (SSSR count). The Bertz CT molecular complexity index is 345. The summed E-state index contributed by atoms with van der Waals surface area (Å²) in [6.07, 6.45) is 5.09. The standard InChI is InChI=1S/C10H14N2O2S/c13-10(14)9-5-8(15-12-9)6-11-7-3-1-2-4-7/h5,7,11H,1-4,6H2,(H,13,14). The van der Waals surface area contributed by atoms with Gasteiger partial charge in [-0.15, -0.1) is 0 Å². The van der Waals surface area contributed by atoms with Crippen LogP contribution in [0.25, 0.3) is 0 Å². The second-order valence-corrected chi connectivity index (χ2v) is 4.74. The molecular formula is C10H14N2O2S. The fourth-order valence-electron chi connectivity index (χ4n) is 1.87. The van der Waals surface area contributed by atoms with E-state index in [0.29, 0.717) is 6.04 Å². The van der Waals surface area contributed by atoms with Gasteiger partial charge in [0.1, 0.15) is 0 Å². The van der Waals surface area contributed by atoms with Gasteiger partial charge in [-0.1, -0.05) is 12.8 Å². The van der Waals surface area contributed by atoms with Crippen LogP contribution in [0.5, 0.6) is 0 Å². The van der Waals surface area contributed by atoms with Gasteiger partial charge < -0.3 is 10.4 Å². The molecule has 1 fully saturated rings. The highest BCUT2D eigenvalue weighted by atomic mass is 32.1. The van der Waals surface area contributed by atoms with E-state index in [0.717, 1.165) is 11.4 Å². The van der Waals surface area contributed by atoms with Crippen LogP contribution in [0.2, 0.25) is 0 Å². The van der Waals surface area contributed by atoms with Crippen LogP contribution in [-0.4, -0.2) is 21.5 Å². The third-order valence-electron chi connectivity index (χ3n) is 2.70. The van der Waals surface area contributed by atoms with Crippen molar-refractivity contribution < 1.29 is 9.90 Å². The first-order valence-corrected chi connectivity index (χ1v) is 5.95. The molecule has 82 valence electrons. The number of carboxylic acids is 1. The first kappa shape index (κ1) is 10.6. The molecule has 1 heterocycles. The molecule has 2 N–H and O–H groups in total. The predicted octanol–water partition coefficient (Wildman–Crippen LogP) is 1.87. The molecule has 0 amide bonds. The van der Waals surface area contributed by atoms with E-state index in [1.54, 1.807) is 6.07 Å². The monoisotopic (exact) mass is 226 g/mol. The maximum Gasteiger partial charge on any atom is 0.355 e. The third-order valence-corrected chi connectivity index (χ3v) is 3.48. The van der Waals surface area contributed by atoms with E-state index >= 15 is 0 Å². The van der Waals surface area contributed by atoms with Gasteiger partial charge >= 0.3 is 5.97 Å². The summed E-state index contributed by atoms with van der Waals surface area (Å²) in [5.41, 5.74) is 0.156. The molecule has 0 aromatic carbocycles. The second-order valence-electron chi connectivity index (χ2n) is 3.85. The number of nitrogens with zero attached hydrogens (tertiary/aromatic N) is 1. The molecule has 0 radical (unpaired) electrons. The zero-order chi connectivity index (χ0) is 10.7. The summed E-state index contributed by atoms with van der Waals surface area (Å²) in [6, 6.07) is 2.26. The molecule has 0 atom stereocenters. The Morgan fingerprint density at radius 1 is 1.60 bits per heavy atom. The van der Waals surface area contributed by atoms with E-state index in [9.17, 15) is 4.79 Å². The maximum absolute atomic E-state index is 10.6. The summed E-state index contributed by atoms with van der Waals surface area (Å²) in [6.45, 7) is 0.746. The first-order valence-electron chi connectivity index (χ1n) is 5.18. The molecule has 1 aliphatic carbocycles. The average Bonchev–Trinajstić information content (AvgIpc) is 2.86. The van der Waals surface area contributed by atoms with E-state index in [2.05, 4.69) is 9.69 Å². The Morgan fingerprint density at radius 2 is 2.33 bits per heavy atom. The van der Waals surface area contributed by atoms with Crippen molar-refractivity contribution in [1.29, 1.82) is 0 Å². The van der Waals surface area contributed by atoms with Gasteiger partial charge in [-0.2, -0.15) is 4.37 Å². The van der Waals surface area contributed by atoms with Crippen LogP contribution in [0, 0.1) is 0 Å². The minimum atomic E-state index is -0.946. The van der Waals surface area contributed by atoms with Crippen LogP contribution >= 0.6 is 11.5 Å². The van der Waals surface area contributed by atoms with Crippen molar-refractivity contribution in [3.8, 4) is 0 Å². The maximum atomic E-state index is 10.6. The Balaban J connectivity index is 1.84. The van der Waals surface area contributed by atoms with E-state index in [1.807, 2.05) is 0 Å². The van der Waals surface area contributed by atoms with Gasteiger partial charge in [0.05, 0.1) is 0 Å². The van der Waals surface area contributed by atoms with Crippen LogP contribution < -0.4 is 5.32 Å². The molecular weight excluding hydrogens is 212 g/mol. The zero-order valence-corrected chi connectivity index (χ0v) is 9.22. The Labute approximate surface area is 92.5 Å². The first-order chi connectivity index (χ1) is 7.25. The van der Waals surface area contributed by atoms with Crippen molar-refractivity contribution in [3.05, 3.63) is 16.6 Å². The summed E-state index contributed by atoms with van der Waals surface area (Å²) in [7, 11) is 0. The lowest BCUT2D eigenvalue weighted by Gasteiger charge is -2.09. The van der Waals surface area contributed by atoms with E-state index in [1.165, 1.54) is 37.2 Å². The summed E-state index contributed by atoms with van der Waals surface area (Å²) in [5.74, 6) is -0.946. The predicted molar refractivity (Wildman–Crippen MR) is 58.2 cm³/mol. The molecule has 4 nitrogen and oxygen atoms in total. The van der Waals surface area contributed by atoms with Gasteiger partial charge in [-0.3, -0.25) is 0 Å². The normalized spacial score (nSPS) is 17.1. The fourth-order valence-corrected chi connectivity index (χ4v) is 2.53. The van der Waals surface area contributed by atoms with Gasteiger partial charge in [-0.25, -0.2) is 4.79 Å². The molecule has 0 bridgehead atoms. The molecule has 1 aromatic rings. The van der Waals surface area contributed by atoms with Gasteiger partial charge in [0.2, 0.25) is 0 Å². The molecule has 0 aliphatic heterocycles. The Morgan fingerprint density at radius 3 is 2.93 bits per heavy atom. The van der Waals surface area contributed by atoms with Gasteiger partial charge in [0.15, 0.2) is 5.69 Å². The molecule has 1 saturated carbocycles. The molecule has 0 spiro atoms. The van der Waals surface area contributed by atoms with Crippen molar-refractivity contribution in [2.24, 2.45) is 0 Å². The number of carboxylic acid groups (broad SMARTS) is 1. The smallest absolute Gasteiger partial charge is 0.355 e. The van der Waals surface area contributed by atoms with Crippen molar-refractivity contribution >= 4 is 17.5 Å². The lowest BCUT2D eigenvalue weighted by atomic mass is 10.2. The van der Waals surface area contributed by atoms with Crippen LogP contribution in [0.3, 0.4) is 0 Å². The van der Waals surface area contributed by atoms with Gasteiger partial charge in [0, 0.05) is 17.5 Å². The fraction of sp³-hybridized carbons (Fsp3) is 0.600. The summed E-state index contributed by atoms with van der Waals surface area (Å²) in [5, 5.41) is 12.1. The number of aromatic carboxylic acids is 1. The average molecular weight is 226 g/mol. The number of hydrogen-bond acceptors (Lipinski definition) is 4. The minimum absolute atomic E-state index is 0.156. The van der Waals surface area contributed by atoms with Crippen molar-refractivity contribution in [2.75, 3.05) is 0 Å². The largest absolute Gasteiger partial charge is 0.476 e. The number of carbonyl (C=O) groups is 1. The molecule has 5 heteroatoms. The minimum Gasteiger partial charge on any atom is -0.476 e. The summed E-state index contributed by atoms with van der Waals surface area (Å²) >= 11 is 1.27. The molecule has 0 saturated heterocycles. The topological polar surface area (TPSA) is 62.2 Å². The van der Waals surface area contributed by atoms with Crippen LogP contribution in [0.4, 0.5) is 0 Å². The lowest BCUT2D eigenvalue weighted by Crippen LogP contribution is -2.24. The highest BCUT2D eigenvalue weighted by Gasteiger charge is 2.15. The van der Waals surface area contributed by atoms with Crippen molar-refractivity contribution in [2.45, 2.75) is 38.3 Å². The number of rotatable bonds is 4.